The summed E-state index contributed by atoms with van der Waals surface area (Å²) in [6.45, 7) is 1.55. The van der Waals surface area contributed by atoms with Crippen LogP contribution < -0.4 is 5.32 Å². The fraction of sp³-hybridized carbons (Fsp3) is 0.500. The van der Waals surface area contributed by atoms with Gasteiger partial charge in [-0.15, -0.1) is 0 Å². The maximum Gasteiger partial charge on any atom is 0.254 e. The smallest absolute Gasteiger partial charge is 0.254 e. The van der Waals surface area contributed by atoms with Gasteiger partial charge in [0.25, 0.3) is 5.91 Å². The fourth-order valence-electron chi connectivity index (χ4n) is 1.41. The second-order valence-corrected chi connectivity index (χ2v) is 4.12. The summed E-state index contributed by atoms with van der Waals surface area (Å²) in [4.78, 5) is 17.3. The number of halogens is 1. The van der Waals surface area contributed by atoms with E-state index in [-0.39, 0.29) is 11.5 Å². The van der Waals surface area contributed by atoms with E-state index in [1.165, 1.54) is 12.3 Å². The van der Waals surface area contributed by atoms with Crippen molar-refractivity contribution in [3.8, 4) is 0 Å². The number of carbonyl (C=O) groups is 1. The Morgan fingerprint density at radius 3 is 2.88 bits per heavy atom. The summed E-state index contributed by atoms with van der Waals surface area (Å²) in [5.74, 6) is -0.965. The maximum atomic E-state index is 13.2. The van der Waals surface area contributed by atoms with E-state index in [1.807, 2.05) is 14.1 Å². The van der Waals surface area contributed by atoms with Crippen LogP contribution in [0, 0.1) is 5.82 Å². The molecule has 0 aliphatic rings. The van der Waals surface area contributed by atoms with Crippen molar-refractivity contribution in [1.82, 2.24) is 15.2 Å². The summed E-state index contributed by atoms with van der Waals surface area (Å²) in [7, 11) is 4.01. The number of aromatic nitrogens is 1. The number of amides is 1. The summed E-state index contributed by atoms with van der Waals surface area (Å²) >= 11 is 0. The topological polar surface area (TPSA) is 45.2 Å². The molecular formula is C12H18FN3O. The number of hydrogen-bond donors (Lipinski definition) is 1. The number of pyridine rings is 1. The van der Waals surface area contributed by atoms with Gasteiger partial charge < -0.3 is 10.2 Å². The highest BCUT2D eigenvalue weighted by atomic mass is 19.1. The maximum absolute atomic E-state index is 13.2. The predicted molar refractivity (Wildman–Crippen MR) is 64.3 cm³/mol. The van der Waals surface area contributed by atoms with Crippen LogP contribution in [0.1, 0.15) is 23.2 Å². The van der Waals surface area contributed by atoms with Crippen LogP contribution in [-0.4, -0.2) is 43.0 Å². The molecule has 0 saturated heterocycles. The molecule has 0 spiro atoms. The van der Waals surface area contributed by atoms with Crippen LogP contribution >= 0.6 is 0 Å². The highest BCUT2D eigenvalue weighted by molar-refractivity contribution is 5.94. The van der Waals surface area contributed by atoms with Crippen LogP contribution in [0.5, 0.6) is 0 Å². The third kappa shape index (κ3) is 4.91. The predicted octanol–water partition coefficient (Wildman–Crippen LogP) is 1.29. The van der Waals surface area contributed by atoms with Gasteiger partial charge in [-0.05, 0) is 39.5 Å². The average molecular weight is 239 g/mol. The summed E-state index contributed by atoms with van der Waals surface area (Å²) in [6.07, 6.45) is 4.34. The van der Waals surface area contributed by atoms with Crippen molar-refractivity contribution in [3.05, 3.63) is 29.8 Å². The lowest BCUT2D eigenvalue weighted by Gasteiger charge is -2.09. The third-order valence-corrected chi connectivity index (χ3v) is 2.33. The second kappa shape index (κ2) is 6.96. The molecule has 94 valence electrons. The minimum atomic E-state index is -0.585. The zero-order valence-electron chi connectivity index (χ0n) is 10.2. The molecule has 5 heteroatoms. The molecule has 0 fully saturated rings. The van der Waals surface area contributed by atoms with Gasteiger partial charge in [0.1, 0.15) is 0 Å². The van der Waals surface area contributed by atoms with E-state index in [1.54, 1.807) is 0 Å². The Balaban J connectivity index is 2.29. The van der Waals surface area contributed by atoms with Gasteiger partial charge in [0, 0.05) is 12.7 Å². The molecule has 1 aromatic rings. The second-order valence-electron chi connectivity index (χ2n) is 4.12. The van der Waals surface area contributed by atoms with Crippen LogP contribution in [0.4, 0.5) is 4.39 Å². The number of carbonyl (C=O) groups excluding carboxylic acids is 1. The zero-order valence-corrected chi connectivity index (χ0v) is 10.2. The lowest BCUT2D eigenvalue weighted by Crippen LogP contribution is -2.26. The van der Waals surface area contributed by atoms with Gasteiger partial charge in [0.05, 0.1) is 11.8 Å². The SMILES string of the molecule is CN(C)CCCCNC(=O)c1ccncc1F. The van der Waals surface area contributed by atoms with Crippen molar-refractivity contribution in [1.29, 1.82) is 0 Å². The fourth-order valence-corrected chi connectivity index (χ4v) is 1.41. The zero-order chi connectivity index (χ0) is 12.7. The normalized spacial score (nSPS) is 10.6. The summed E-state index contributed by atoms with van der Waals surface area (Å²) in [5, 5.41) is 2.69. The van der Waals surface area contributed by atoms with Crippen molar-refractivity contribution >= 4 is 5.91 Å². The first-order valence-corrected chi connectivity index (χ1v) is 5.63. The summed E-state index contributed by atoms with van der Waals surface area (Å²) in [5.41, 5.74) is 0.0487. The van der Waals surface area contributed by atoms with Crippen LogP contribution in [0.25, 0.3) is 0 Å². The van der Waals surface area contributed by atoms with Crippen molar-refractivity contribution in [3.63, 3.8) is 0 Å². The van der Waals surface area contributed by atoms with Crippen LogP contribution in [0.15, 0.2) is 18.5 Å². The van der Waals surface area contributed by atoms with Crippen LogP contribution in [-0.2, 0) is 0 Å². The van der Waals surface area contributed by atoms with Gasteiger partial charge in [-0.1, -0.05) is 0 Å². The van der Waals surface area contributed by atoms with E-state index < -0.39 is 5.82 Å². The summed E-state index contributed by atoms with van der Waals surface area (Å²) < 4.78 is 13.2. The lowest BCUT2D eigenvalue weighted by molar-refractivity contribution is 0.0948. The molecular weight excluding hydrogens is 221 g/mol. The number of nitrogens with one attached hydrogen (secondary N) is 1. The van der Waals surface area contributed by atoms with Crippen LogP contribution in [0.3, 0.4) is 0 Å². The molecule has 0 atom stereocenters. The van der Waals surface area contributed by atoms with Gasteiger partial charge in [-0.3, -0.25) is 9.78 Å². The Morgan fingerprint density at radius 1 is 1.47 bits per heavy atom. The molecule has 0 aromatic carbocycles. The Hall–Kier alpha value is -1.49. The lowest BCUT2D eigenvalue weighted by atomic mass is 10.2. The van der Waals surface area contributed by atoms with Crippen molar-refractivity contribution < 1.29 is 9.18 Å². The highest BCUT2D eigenvalue weighted by Crippen LogP contribution is 2.03. The highest BCUT2D eigenvalue weighted by Gasteiger charge is 2.09. The number of rotatable bonds is 6. The molecule has 4 nitrogen and oxygen atoms in total. The molecule has 1 heterocycles. The quantitative estimate of drug-likeness (QED) is 0.761. The summed E-state index contributed by atoms with van der Waals surface area (Å²) in [6, 6.07) is 1.38. The number of hydrogen-bond acceptors (Lipinski definition) is 3. The average Bonchev–Trinajstić information content (AvgIpc) is 2.28. The number of nitrogens with zero attached hydrogens (tertiary/aromatic N) is 2. The molecule has 0 radical (unpaired) electrons. The van der Waals surface area contributed by atoms with E-state index in [0.717, 1.165) is 25.6 Å². The number of unbranched alkanes of at least 4 members (excludes halogenated alkanes) is 1. The molecule has 17 heavy (non-hydrogen) atoms. The van der Waals surface area contributed by atoms with E-state index >= 15 is 0 Å². The molecule has 1 aromatic heterocycles. The molecule has 0 aliphatic heterocycles. The van der Waals surface area contributed by atoms with Crippen molar-refractivity contribution in [2.24, 2.45) is 0 Å². The minimum Gasteiger partial charge on any atom is -0.352 e. The third-order valence-electron chi connectivity index (χ3n) is 2.33. The largest absolute Gasteiger partial charge is 0.352 e. The molecule has 1 amide bonds. The van der Waals surface area contributed by atoms with E-state index in [0.29, 0.717) is 6.54 Å². The van der Waals surface area contributed by atoms with E-state index in [9.17, 15) is 9.18 Å². The molecule has 0 saturated carbocycles. The van der Waals surface area contributed by atoms with Gasteiger partial charge >= 0.3 is 0 Å². The van der Waals surface area contributed by atoms with Gasteiger partial charge in [-0.2, -0.15) is 0 Å². The Bertz CT molecular complexity index is 369. The first kappa shape index (κ1) is 13.6. The molecule has 1 rings (SSSR count). The van der Waals surface area contributed by atoms with Crippen molar-refractivity contribution in [2.45, 2.75) is 12.8 Å². The van der Waals surface area contributed by atoms with E-state index in [4.69, 9.17) is 0 Å². The molecule has 1 N–H and O–H groups in total. The van der Waals surface area contributed by atoms with Crippen LogP contribution in [0.2, 0.25) is 0 Å². The van der Waals surface area contributed by atoms with Gasteiger partial charge in [-0.25, -0.2) is 4.39 Å². The minimum absolute atomic E-state index is 0.0487. The molecule has 0 unspecified atom stereocenters. The first-order chi connectivity index (χ1) is 8.11. The monoisotopic (exact) mass is 239 g/mol. The Labute approximate surface area is 101 Å². The van der Waals surface area contributed by atoms with Gasteiger partial charge in [0.15, 0.2) is 5.82 Å². The first-order valence-electron chi connectivity index (χ1n) is 5.63. The molecule has 0 bridgehead atoms. The molecule has 0 aliphatic carbocycles. The Morgan fingerprint density at radius 2 is 2.24 bits per heavy atom. The van der Waals surface area contributed by atoms with Crippen molar-refractivity contribution in [2.75, 3.05) is 27.2 Å². The van der Waals surface area contributed by atoms with Gasteiger partial charge in [0.2, 0.25) is 0 Å². The standard InChI is InChI=1S/C12H18FN3O/c1-16(2)8-4-3-6-15-12(17)10-5-7-14-9-11(10)13/h5,7,9H,3-4,6,8H2,1-2H3,(H,15,17). The Kier molecular flexibility index (Phi) is 5.56. The van der Waals surface area contributed by atoms with E-state index in [2.05, 4.69) is 15.2 Å².